The SMILES string of the molecule is Cc1ccc(F)c(CNc2ccc3oc(=O)[nH]c3c2)c1. The smallest absolute Gasteiger partial charge is 0.408 e. The van der Waals surface area contributed by atoms with Crippen molar-refractivity contribution in [3.63, 3.8) is 0 Å². The first-order chi connectivity index (χ1) is 9.61. The number of nitrogens with one attached hydrogen (secondary N) is 2. The molecule has 0 aliphatic rings. The van der Waals surface area contributed by atoms with E-state index in [0.29, 0.717) is 23.2 Å². The second kappa shape index (κ2) is 4.85. The zero-order valence-electron chi connectivity index (χ0n) is 10.9. The molecule has 5 heteroatoms. The fraction of sp³-hybridized carbons (Fsp3) is 0.133. The van der Waals surface area contributed by atoms with Crippen molar-refractivity contribution in [3.05, 3.63) is 63.9 Å². The maximum atomic E-state index is 13.6. The van der Waals surface area contributed by atoms with E-state index in [-0.39, 0.29) is 5.82 Å². The highest BCUT2D eigenvalue weighted by Gasteiger charge is 2.04. The van der Waals surface area contributed by atoms with Crippen LogP contribution in [0.2, 0.25) is 0 Å². The van der Waals surface area contributed by atoms with Crippen LogP contribution in [0.3, 0.4) is 0 Å². The normalized spacial score (nSPS) is 10.9. The molecule has 0 saturated heterocycles. The maximum absolute atomic E-state index is 13.6. The molecule has 4 nitrogen and oxygen atoms in total. The molecule has 3 aromatic rings. The average Bonchev–Trinajstić information content (AvgIpc) is 2.79. The van der Waals surface area contributed by atoms with Crippen LogP contribution in [0.1, 0.15) is 11.1 Å². The number of halogens is 1. The van der Waals surface area contributed by atoms with Crippen molar-refractivity contribution in [2.24, 2.45) is 0 Å². The number of H-pyrrole nitrogens is 1. The zero-order chi connectivity index (χ0) is 14.1. The van der Waals surface area contributed by atoms with E-state index in [9.17, 15) is 9.18 Å². The molecule has 0 aliphatic heterocycles. The fourth-order valence-electron chi connectivity index (χ4n) is 2.10. The van der Waals surface area contributed by atoms with Gasteiger partial charge in [-0.2, -0.15) is 0 Å². The number of aromatic nitrogens is 1. The molecule has 102 valence electrons. The molecule has 20 heavy (non-hydrogen) atoms. The molecule has 2 N–H and O–H groups in total. The molecule has 0 fully saturated rings. The Bertz CT molecular complexity index is 820. The van der Waals surface area contributed by atoms with Gasteiger partial charge in [0.2, 0.25) is 0 Å². The summed E-state index contributed by atoms with van der Waals surface area (Å²) in [6.45, 7) is 2.30. The van der Waals surface area contributed by atoms with Gasteiger partial charge in [0.25, 0.3) is 0 Å². The highest BCUT2D eigenvalue weighted by atomic mass is 19.1. The summed E-state index contributed by atoms with van der Waals surface area (Å²) in [5, 5.41) is 3.13. The van der Waals surface area contributed by atoms with E-state index in [1.54, 1.807) is 30.3 Å². The van der Waals surface area contributed by atoms with E-state index in [1.807, 2.05) is 6.92 Å². The van der Waals surface area contributed by atoms with Crippen molar-refractivity contribution in [2.45, 2.75) is 13.5 Å². The number of anilines is 1. The van der Waals surface area contributed by atoms with Crippen LogP contribution >= 0.6 is 0 Å². The number of rotatable bonds is 3. The number of benzene rings is 2. The van der Waals surface area contributed by atoms with Gasteiger partial charge in [0.1, 0.15) is 5.82 Å². The molecule has 0 radical (unpaired) electrons. The van der Waals surface area contributed by atoms with Crippen LogP contribution in [0.4, 0.5) is 10.1 Å². The summed E-state index contributed by atoms with van der Waals surface area (Å²) in [4.78, 5) is 13.7. The Morgan fingerprint density at radius 3 is 2.95 bits per heavy atom. The third-order valence-electron chi connectivity index (χ3n) is 3.10. The molecule has 1 aromatic heterocycles. The molecule has 0 spiro atoms. The Kier molecular flexibility index (Phi) is 3.02. The summed E-state index contributed by atoms with van der Waals surface area (Å²) >= 11 is 0. The van der Waals surface area contributed by atoms with Gasteiger partial charge in [-0.05, 0) is 31.2 Å². The van der Waals surface area contributed by atoms with Crippen LogP contribution in [0, 0.1) is 12.7 Å². The first kappa shape index (κ1) is 12.5. The predicted molar refractivity (Wildman–Crippen MR) is 75.3 cm³/mol. The van der Waals surface area contributed by atoms with Gasteiger partial charge in [0.15, 0.2) is 5.58 Å². The van der Waals surface area contributed by atoms with Crippen LogP contribution < -0.4 is 11.1 Å². The van der Waals surface area contributed by atoms with Gasteiger partial charge < -0.3 is 9.73 Å². The summed E-state index contributed by atoms with van der Waals surface area (Å²) < 4.78 is 18.5. The van der Waals surface area contributed by atoms with Crippen molar-refractivity contribution in [3.8, 4) is 0 Å². The molecule has 0 amide bonds. The summed E-state index contributed by atoms with van der Waals surface area (Å²) in [5.74, 6) is -0.720. The minimum absolute atomic E-state index is 0.235. The van der Waals surface area contributed by atoms with Gasteiger partial charge in [-0.15, -0.1) is 0 Å². The zero-order valence-corrected chi connectivity index (χ0v) is 10.9. The van der Waals surface area contributed by atoms with E-state index >= 15 is 0 Å². The molecule has 1 heterocycles. The van der Waals surface area contributed by atoms with Crippen LogP contribution in [0.5, 0.6) is 0 Å². The largest absolute Gasteiger partial charge is 0.417 e. The Morgan fingerprint density at radius 2 is 2.10 bits per heavy atom. The van der Waals surface area contributed by atoms with Crippen molar-refractivity contribution in [2.75, 3.05) is 5.32 Å². The van der Waals surface area contributed by atoms with Crippen molar-refractivity contribution in [1.29, 1.82) is 0 Å². The molecule has 0 bridgehead atoms. The lowest BCUT2D eigenvalue weighted by Crippen LogP contribution is -2.02. The van der Waals surface area contributed by atoms with Crippen molar-refractivity contribution < 1.29 is 8.81 Å². The quantitative estimate of drug-likeness (QED) is 0.770. The highest BCUT2D eigenvalue weighted by molar-refractivity contribution is 5.76. The Morgan fingerprint density at radius 1 is 1.25 bits per heavy atom. The lowest BCUT2D eigenvalue weighted by atomic mass is 10.1. The first-order valence-corrected chi connectivity index (χ1v) is 6.23. The number of fused-ring (bicyclic) bond motifs is 1. The van der Waals surface area contributed by atoms with Crippen LogP contribution in [0.15, 0.2) is 45.6 Å². The van der Waals surface area contributed by atoms with E-state index < -0.39 is 5.76 Å². The van der Waals surface area contributed by atoms with E-state index in [1.165, 1.54) is 6.07 Å². The van der Waals surface area contributed by atoms with Gasteiger partial charge in [-0.1, -0.05) is 17.7 Å². The van der Waals surface area contributed by atoms with Gasteiger partial charge in [0.05, 0.1) is 5.52 Å². The minimum atomic E-state index is -0.484. The number of aryl methyl sites for hydroxylation is 1. The first-order valence-electron chi connectivity index (χ1n) is 6.23. The van der Waals surface area contributed by atoms with Crippen LogP contribution in [0.25, 0.3) is 11.1 Å². The fourth-order valence-corrected chi connectivity index (χ4v) is 2.10. The molecule has 0 unspecified atom stereocenters. The second-order valence-electron chi connectivity index (χ2n) is 4.67. The number of hydrogen-bond acceptors (Lipinski definition) is 3. The van der Waals surface area contributed by atoms with Crippen molar-refractivity contribution in [1.82, 2.24) is 4.98 Å². The Balaban J connectivity index is 1.82. The number of aromatic amines is 1. The van der Waals surface area contributed by atoms with Crippen LogP contribution in [-0.4, -0.2) is 4.98 Å². The predicted octanol–water partition coefficient (Wildman–Crippen LogP) is 3.18. The van der Waals surface area contributed by atoms with Crippen LogP contribution in [-0.2, 0) is 6.54 Å². The summed E-state index contributed by atoms with van der Waals surface area (Å²) in [7, 11) is 0. The monoisotopic (exact) mass is 272 g/mol. The molecular formula is C15H13FN2O2. The molecular weight excluding hydrogens is 259 g/mol. The maximum Gasteiger partial charge on any atom is 0.417 e. The van der Waals surface area contributed by atoms with Gasteiger partial charge in [-0.25, -0.2) is 9.18 Å². The molecule has 3 rings (SSSR count). The summed E-state index contributed by atoms with van der Waals surface area (Å²) in [5.41, 5.74) is 3.52. The summed E-state index contributed by atoms with van der Waals surface area (Å²) in [6, 6.07) is 10.2. The highest BCUT2D eigenvalue weighted by Crippen LogP contribution is 2.18. The number of oxazole rings is 1. The summed E-state index contributed by atoms with van der Waals surface area (Å²) in [6.07, 6.45) is 0. The Hall–Kier alpha value is -2.56. The average molecular weight is 272 g/mol. The number of hydrogen-bond donors (Lipinski definition) is 2. The molecule has 0 atom stereocenters. The van der Waals surface area contributed by atoms with Crippen molar-refractivity contribution >= 4 is 16.8 Å². The standard InChI is InChI=1S/C15H13FN2O2/c1-9-2-4-12(16)10(6-9)8-17-11-3-5-14-13(7-11)18-15(19)20-14/h2-7,17H,8H2,1H3,(H,18,19). The van der Waals surface area contributed by atoms with Gasteiger partial charge >= 0.3 is 5.76 Å². The van der Waals surface area contributed by atoms with E-state index in [2.05, 4.69) is 10.3 Å². The van der Waals surface area contributed by atoms with Gasteiger partial charge in [0, 0.05) is 17.8 Å². The third kappa shape index (κ3) is 2.42. The van der Waals surface area contributed by atoms with E-state index in [0.717, 1.165) is 11.3 Å². The molecule has 2 aromatic carbocycles. The third-order valence-corrected chi connectivity index (χ3v) is 3.10. The molecule has 0 saturated carbocycles. The minimum Gasteiger partial charge on any atom is -0.408 e. The lowest BCUT2D eigenvalue weighted by molar-refractivity contribution is 0.555. The second-order valence-corrected chi connectivity index (χ2v) is 4.67. The lowest BCUT2D eigenvalue weighted by Gasteiger charge is -2.08. The topological polar surface area (TPSA) is 58.0 Å². The molecule has 0 aliphatic carbocycles. The Labute approximate surface area is 114 Å². The van der Waals surface area contributed by atoms with E-state index in [4.69, 9.17) is 4.42 Å². The van der Waals surface area contributed by atoms with Gasteiger partial charge in [-0.3, -0.25) is 4.98 Å².